The molecular formula is C20H22N2O4. The number of carbonyl (C=O) groups is 3. The number of benzene rings is 2. The fourth-order valence-electron chi connectivity index (χ4n) is 2.62. The largest absolute Gasteiger partial charge is 0.480 e. The highest BCUT2D eigenvalue weighted by atomic mass is 16.4. The standard InChI is InChI=1S/C20H22N2O4/c1-21(2)18(23)15-10-7-11-16(13-15)19(24)22(3)17(20(25)26)12-14-8-5-4-6-9-14/h4-11,13,17H,12H2,1-3H3,(H,25,26). The highest BCUT2D eigenvalue weighted by Crippen LogP contribution is 2.14. The molecule has 0 aliphatic carbocycles. The zero-order valence-corrected chi connectivity index (χ0v) is 15.0. The lowest BCUT2D eigenvalue weighted by atomic mass is 10.0. The number of nitrogens with zero attached hydrogens (tertiary/aromatic N) is 2. The van der Waals surface area contributed by atoms with Crippen LogP contribution in [-0.4, -0.2) is 59.9 Å². The molecule has 1 N–H and O–H groups in total. The molecule has 0 bridgehead atoms. The maximum Gasteiger partial charge on any atom is 0.326 e. The Bertz CT molecular complexity index is 802. The predicted octanol–water partition coefficient (Wildman–Crippen LogP) is 2.16. The van der Waals surface area contributed by atoms with Crippen LogP contribution in [0, 0.1) is 0 Å². The van der Waals surface area contributed by atoms with Crippen LogP contribution in [0.4, 0.5) is 0 Å². The molecule has 136 valence electrons. The summed E-state index contributed by atoms with van der Waals surface area (Å²) in [4.78, 5) is 39.2. The minimum Gasteiger partial charge on any atom is -0.480 e. The van der Waals surface area contributed by atoms with Gasteiger partial charge in [-0.2, -0.15) is 0 Å². The van der Waals surface area contributed by atoms with E-state index < -0.39 is 17.9 Å². The van der Waals surface area contributed by atoms with Crippen molar-refractivity contribution in [3.8, 4) is 0 Å². The Hall–Kier alpha value is -3.15. The van der Waals surface area contributed by atoms with Crippen LogP contribution in [0.25, 0.3) is 0 Å². The Morgan fingerprint density at radius 2 is 1.46 bits per heavy atom. The van der Waals surface area contributed by atoms with Crippen LogP contribution < -0.4 is 0 Å². The van der Waals surface area contributed by atoms with Crippen LogP contribution in [0.1, 0.15) is 26.3 Å². The molecule has 0 spiro atoms. The summed E-state index contributed by atoms with van der Waals surface area (Å²) in [6, 6.07) is 14.4. The number of hydrogen-bond acceptors (Lipinski definition) is 3. The van der Waals surface area contributed by atoms with Gasteiger partial charge in [0.15, 0.2) is 0 Å². The minimum absolute atomic E-state index is 0.203. The molecule has 1 atom stereocenters. The van der Waals surface area contributed by atoms with Crippen molar-refractivity contribution in [3.63, 3.8) is 0 Å². The third-order valence-corrected chi connectivity index (χ3v) is 4.11. The number of rotatable bonds is 6. The van der Waals surface area contributed by atoms with Crippen molar-refractivity contribution in [2.75, 3.05) is 21.1 Å². The van der Waals surface area contributed by atoms with E-state index in [-0.39, 0.29) is 17.9 Å². The number of amides is 2. The van der Waals surface area contributed by atoms with E-state index in [1.807, 2.05) is 30.3 Å². The normalized spacial score (nSPS) is 11.5. The van der Waals surface area contributed by atoms with Crippen molar-refractivity contribution < 1.29 is 19.5 Å². The smallest absolute Gasteiger partial charge is 0.326 e. The summed E-state index contributed by atoms with van der Waals surface area (Å²) in [5.74, 6) is -1.74. The number of aliphatic carboxylic acids is 1. The second-order valence-corrected chi connectivity index (χ2v) is 6.24. The minimum atomic E-state index is -1.08. The lowest BCUT2D eigenvalue weighted by Gasteiger charge is -2.25. The lowest BCUT2D eigenvalue weighted by molar-refractivity contribution is -0.141. The number of carboxylic acid groups (broad SMARTS) is 1. The molecule has 6 heteroatoms. The van der Waals surface area contributed by atoms with Gasteiger partial charge >= 0.3 is 5.97 Å². The molecule has 2 aromatic carbocycles. The van der Waals surface area contributed by atoms with Gasteiger partial charge in [-0.25, -0.2) is 4.79 Å². The van der Waals surface area contributed by atoms with E-state index in [2.05, 4.69) is 0 Å². The molecule has 0 radical (unpaired) electrons. The van der Waals surface area contributed by atoms with Gasteiger partial charge in [0.25, 0.3) is 11.8 Å². The molecule has 0 saturated heterocycles. The van der Waals surface area contributed by atoms with Crippen LogP contribution in [0.5, 0.6) is 0 Å². The number of carboxylic acids is 1. The Labute approximate surface area is 152 Å². The molecule has 0 fully saturated rings. The number of carbonyl (C=O) groups excluding carboxylic acids is 2. The van der Waals surface area contributed by atoms with Crippen LogP contribution >= 0.6 is 0 Å². The van der Waals surface area contributed by atoms with Crippen molar-refractivity contribution in [2.45, 2.75) is 12.5 Å². The average Bonchev–Trinajstić information content (AvgIpc) is 2.65. The van der Waals surface area contributed by atoms with Crippen molar-refractivity contribution >= 4 is 17.8 Å². The van der Waals surface area contributed by atoms with E-state index in [0.717, 1.165) is 5.56 Å². The summed E-state index contributed by atoms with van der Waals surface area (Å²) in [5.41, 5.74) is 1.49. The van der Waals surface area contributed by atoms with Gasteiger partial charge in [0.05, 0.1) is 0 Å². The van der Waals surface area contributed by atoms with Gasteiger partial charge in [0.1, 0.15) is 6.04 Å². The van der Waals surface area contributed by atoms with Gasteiger partial charge in [0.2, 0.25) is 0 Å². The molecule has 2 aromatic rings. The summed E-state index contributed by atoms with van der Waals surface area (Å²) in [7, 11) is 4.72. The fraction of sp³-hybridized carbons (Fsp3) is 0.250. The summed E-state index contributed by atoms with van der Waals surface area (Å²) >= 11 is 0. The summed E-state index contributed by atoms with van der Waals surface area (Å²) in [5, 5.41) is 9.56. The van der Waals surface area contributed by atoms with Gasteiger partial charge in [-0.05, 0) is 23.8 Å². The predicted molar refractivity (Wildman–Crippen MR) is 98.1 cm³/mol. The highest BCUT2D eigenvalue weighted by Gasteiger charge is 2.28. The average molecular weight is 354 g/mol. The Morgan fingerprint density at radius 3 is 2.00 bits per heavy atom. The second kappa shape index (κ2) is 8.29. The van der Waals surface area contributed by atoms with Crippen LogP contribution in [0.3, 0.4) is 0 Å². The number of likely N-dealkylation sites (N-methyl/N-ethyl adjacent to an activating group) is 1. The summed E-state index contributed by atoms with van der Waals surface area (Å²) < 4.78 is 0. The number of hydrogen-bond donors (Lipinski definition) is 1. The highest BCUT2D eigenvalue weighted by molar-refractivity contribution is 6.00. The second-order valence-electron chi connectivity index (χ2n) is 6.24. The van der Waals surface area contributed by atoms with Gasteiger partial charge in [-0.3, -0.25) is 9.59 Å². The van der Waals surface area contributed by atoms with Crippen LogP contribution in [-0.2, 0) is 11.2 Å². The van der Waals surface area contributed by atoms with Crippen LogP contribution in [0.15, 0.2) is 54.6 Å². The van der Waals surface area contributed by atoms with Gasteiger partial charge < -0.3 is 14.9 Å². The molecule has 1 unspecified atom stereocenters. The maximum atomic E-state index is 12.8. The van der Waals surface area contributed by atoms with Crippen molar-refractivity contribution in [1.82, 2.24) is 9.80 Å². The first-order valence-electron chi connectivity index (χ1n) is 8.17. The van der Waals surface area contributed by atoms with Gasteiger partial charge in [0, 0.05) is 38.7 Å². The molecule has 2 amide bonds. The molecule has 0 aliphatic heterocycles. The Balaban J connectivity index is 2.25. The molecule has 0 saturated carbocycles. The first-order valence-corrected chi connectivity index (χ1v) is 8.17. The zero-order chi connectivity index (χ0) is 19.3. The third kappa shape index (κ3) is 4.47. The van der Waals surface area contributed by atoms with Gasteiger partial charge in [-0.15, -0.1) is 0 Å². The Kier molecular flexibility index (Phi) is 6.11. The van der Waals surface area contributed by atoms with E-state index in [1.54, 1.807) is 32.3 Å². The molecule has 26 heavy (non-hydrogen) atoms. The van der Waals surface area contributed by atoms with Crippen LogP contribution in [0.2, 0.25) is 0 Å². The summed E-state index contributed by atoms with van der Waals surface area (Å²) in [6.07, 6.45) is 0.203. The first-order chi connectivity index (χ1) is 12.3. The summed E-state index contributed by atoms with van der Waals surface area (Å²) in [6.45, 7) is 0. The van der Waals surface area contributed by atoms with E-state index >= 15 is 0 Å². The molecule has 2 rings (SSSR count). The monoisotopic (exact) mass is 354 g/mol. The molecule has 0 aromatic heterocycles. The van der Waals surface area contributed by atoms with Gasteiger partial charge in [-0.1, -0.05) is 36.4 Å². The SMILES string of the molecule is CN(C)C(=O)c1cccc(C(=O)N(C)C(Cc2ccccc2)C(=O)O)c1. The lowest BCUT2D eigenvalue weighted by Crippen LogP contribution is -2.43. The zero-order valence-electron chi connectivity index (χ0n) is 15.0. The van der Waals surface area contributed by atoms with E-state index in [4.69, 9.17) is 0 Å². The van der Waals surface area contributed by atoms with Crippen molar-refractivity contribution in [2.24, 2.45) is 0 Å². The molecule has 0 heterocycles. The molecule has 6 nitrogen and oxygen atoms in total. The van der Waals surface area contributed by atoms with E-state index in [1.165, 1.54) is 22.9 Å². The van der Waals surface area contributed by atoms with E-state index in [0.29, 0.717) is 5.56 Å². The third-order valence-electron chi connectivity index (χ3n) is 4.11. The Morgan fingerprint density at radius 1 is 0.885 bits per heavy atom. The fourth-order valence-corrected chi connectivity index (χ4v) is 2.62. The maximum absolute atomic E-state index is 12.8. The molecule has 0 aliphatic rings. The van der Waals surface area contributed by atoms with Crippen molar-refractivity contribution in [3.05, 3.63) is 71.3 Å². The molecular weight excluding hydrogens is 332 g/mol. The first kappa shape index (κ1) is 19.2. The van der Waals surface area contributed by atoms with E-state index in [9.17, 15) is 19.5 Å². The van der Waals surface area contributed by atoms with Crippen molar-refractivity contribution in [1.29, 1.82) is 0 Å². The quantitative estimate of drug-likeness (QED) is 0.862. The topological polar surface area (TPSA) is 77.9 Å².